The number of nitrogens with zero attached hydrogens (tertiary/aromatic N) is 6. The van der Waals surface area contributed by atoms with E-state index in [1.54, 1.807) is 36.4 Å². The minimum absolute atomic E-state index is 0.0886. The monoisotopic (exact) mass is 1040 g/mol. The summed E-state index contributed by atoms with van der Waals surface area (Å²) < 4.78 is 150. The number of hydrogen-bond donors (Lipinski definition) is 0. The maximum absolute atomic E-state index is 14.6. The molecule has 11 aromatic carbocycles. The first-order valence-electron chi connectivity index (χ1n) is 30.0. The fourth-order valence-corrected chi connectivity index (χ4v) is 11.0. The van der Waals surface area contributed by atoms with E-state index in [4.69, 9.17) is 13.7 Å². The Morgan fingerprint density at radius 3 is 0.886 bits per heavy atom. The highest BCUT2D eigenvalue weighted by atomic mass is 19.1. The van der Waals surface area contributed by atoms with E-state index in [2.05, 4.69) is 43.8 Å². The number of fused-ring (bicyclic) bond motifs is 9. The highest BCUT2D eigenvalue weighted by Gasteiger charge is 2.20. The molecule has 15 rings (SSSR count). The fraction of sp³-hybridized carbons (Fsp3) is 0. The number of rotatable bonds is 8. The smallest absolute Gasteiger partial charge is 0.164 e. The zero-order valence-corrected chi connectivity index (χ0v) is 41.0. The molecule has 0 saturated carbocycles. The van der Waals surface area contributed by atoms with Gasteiger partial charge in [0.15, 0.2) is 17.5 Å². The van der Waals surface area contributed by atoms with Gasteiger partial charge >= 0.3 is 0 Å². The summed E-state index contributed by atoms with van der Waals surface area (Å²) in [6, 6.07) is 46.8. The molecular formula is C69H40F4N6. The van der Waals surface area contributed by atoms with E-state index in [0.717, 1.165) is 55.4 Å². The minimum atomic E-state index is -0.655. The van der Waals surface area contributed by atoms with Gasteiger partial charge in [-0.05, 0) is 156 Å². The molecule has 15 aromatic rings. The number of benzene rings is 11. The lowest BCUT2D eigenvalue weighted by Gasteiger charge is -2.12. The molecule has 0 spiro atoms. The van der Waals surface area contributed by atoms with Crippen LogP contribution < -0.4 is 0 Å². The first-order chi connectivity index (χ1) is 42.9. The lowest BCUT2D eigenvalue weighted by atomic mass is 10.0. The molecule has 0 bridgehead atoms. The summed E-state index contributed by atoms with van der Waals surface area (Å²) in [6.45, 7) is 0. The van der Waals surface area contributed by atoms with E-state index in [1.165, 1.54) is 48.5 Å². The van der Waals surface area contributed by atoms with Crippen molar-refractivity contribution < 1.29 is 31.3 Å². The SMILES string of the molecule is [2H]c1c([2H])c([2H])c(-c2nc(-c3ccc(-n4c5cc(-c6ccc(-n7c8ccc(F)cc8c8cc(F)ccc87)cc6)ccc5c5ccc(-c6ccc(-n7c8ccc(F)cc8c8cc(F)ccc87)cc6)cc54)cc3)nc(-c3c([2H])c([2H])c([2H])c([2H])c3[2H])n2)c([2H])c1[2H]. The van der Waals surface area contributed by atoms with E-state index in [-0.39, 0.29) is 28.6 Å². The van der Waals surface area contributed by atoms with Crippen molar-refractivity contribution >= 4 is 65.4 Å². The summed E-state index contributed by atoms with van der Waals surface area (Å²) in [4.78, 5) is 13.7. The molecule has 0 unspecified atom stereocenters. The average Bonchev–Trinajstić information content (AvgIpc) is 1.88. The van der Waals surface area contributed by atoms with Crippen LogP contribution >= 0.6 is 0 Å². The van der Waals surface area contributed by atoms with Gasteiger partial charge in [-0.3, -0.25) is 0 Å². The first kappa shape index (κ1) is 36.5. The van der Waals surface area contributed by atoms with Gasteiger partial charge in [-0.25, -0.2) is 32.5 Å². The lowest BCUT2D eigenvalue weighted by molar-refractivity contribution is 0.628. The van der Waals surface area contributed by atoms with Crippen LogP contribution in [-0.2, 0) is 0 Å². The van der Waals surface area contributed by atoms with Crippen molar-refractivity contribution in [3.63, 3.8) is 0 Å². The summed E-state index contributed by atoms with van der Waals surface area (Å²) in [5.41, 5.74) is 9.80. The van der Waals surface area contributed by atoms with Crippen molar-refractivity contribution in [1.29, 1.82) is 0 Å². The second-order valence-corrected chi connectivity index (χ2v) is 19.1. The number of aromatic nitrogens is 6. The Morgan fingerprint density at radius 2 is 0.544 bits per heavy atom. The quantitative estimate of drug-likeness (QED) is 0.143. The van der Waals surface area contributed by atoms with Crippen LogP contribution in [0.15, 0.2) is 242 Å². The van der Waals surface area contributed by atoms with Crippen molar-refractivity contribution in [2.24, 2.45) is 0 Å². The van der Waals surface area contributed by atoms with Gasteiger partial charge in [0.25, 0.3) is 0 Å². The van der Waals surface area contributed by atoms with E-state index in [9.17, 15) is 17.6 Å². The van der Waals surface area contributed by atoms with Gasteiger partial charge in [0, 0.05) is 66.1 Å². The Hall–Kier alpha value is -10.5. The third-order valence-electron chi connectivity index (χ3n) is 14.5. The molecule has 374 valence electrons. The van der Waals surface area contributed by atoms with Gasteiger partial charge in [-0.15, -0.1) is 0 Å². The van der Waals surface area contributed by atoms with Gasteiger partial charge < -0.3 is 13.7 Å². The molecule has 0 aliphatic rings. The predicted molar refractivity (Wildman–Crippen MR) is 310 cm³/mol. The Kier molecular flexibility index (Phi) is 8.37. The van der Waals surface area contributed by atoms with Crippen molar-refractivity contribution in [3.8, 4) is 73.5 Å². The highest BCUT2D eigenvalue weighted by Crippen LogP contribution is 2.40. The molecule has 79 heavy (non-hydrogen) atoms. The Labute approximate surface area is 463 Å². The second kappa shape index (κ2) is 18.1. The normalized spacial score (nSPS) is 13.6. The van der Waals surface area contributed by atoms with E-state index < -0.39 is 83.7 Å². The summed E-state index contributed by atoms with van der Waals surface area (Å²) >= 11 is 0. The largest absolute Gasteiger partial charge is 0.309 e. The van der Waals surface area contributed by atoms with Crippen molar-refractivity contribution in [2.45, 2.75) is 0 Å². The zero-order chi connectivity index (χ0) is 61.6. The van der Waals surface area contributed by atoms with Crippen molar-refractivity contribution in [2.75, 3.05) is 0 Å². The molecule has 4 heterocycles. The standard InChI is InChI=1S/C69H40F4N6/c70-48-19-31-61-57(37-48)58-38-49(71)20-32-62(58)77(61)52-23-11-41(12-24-52)46-17-29-55-56-30-18-47(42-13-25-53(26-14-42)78-63-33-21-50(72)39-59(63)60-40-51(73)22-34-64(60)78)36-66(56)79(65(55)35-46)54-27-15-45(16-28-54)69-75-67(43-7-3-1-4-8-43)74-68(76-69)44-9-5-2-6-10-44/h1-40H/i1D,2D,3D,4D,5D,6D,7D,8D,9D,10D. The predicted octanol–water partition coefficient (Wildman–Crippen LogP) is 18.1. The van der Waals surface area contributed by atoms with Gasteiger partial charge in [0.05, 0.1) is 46.8 Å². The zero-order valence-electron chi connectivity index (χ0n) is 51.0. The molecule has 0 amide bonds. The van der Waals surface area contributed by atoms with E-state index in [1.807, 2.05) is 81.9 Å². The lowest BCUT2D eigenvalue weighted by Crippen LogP contribution is -2.00. The average molecular weight is 1040 g/mol. The van der Waals surface area contributed by atoms with E-state index in [0.29, 0.717) is 54.9 Å². The number of hydrogen-bond acceptors (Lipinski definition) is 3. The first-order valence-corrected chi connectivity index (χ1v) is 25.0. The molecule has 4 aromatic heterocycles. The molecule has 0 radical (unpaired) electrons. The van der Waals surface area contributed by atoms with Gasteiger partial charge in [-0.1, -0.05) is 109 Å². The van der Waals surface area contributed by atoms with Gasteiger partial charge in [0.1, 0.15) is 23.3 Å². The van der Waals surface area contributed by atoms with Crippen molar-refractivity contribution in [3.05, 3.63) is 266 Å². The fourth-order valence-electron chi connectivity index (χ4n) is 11.0. The maximum atomic E-state index is 14.6. The molecule has 0 aliphatic carbocycles. The summed E-state index contributed by atoms with van der Waals surface area (Å²) in [6.07, 6.45) is 0. The third-order valence-corrected chi connectivity index (χ3v) is 14.5. The van der Waals surface area contributed by atoms with Crippen LogP contribution in [0.3, 0.4) is 0 Å². The molecular weight excluding hydrogens is 989 g/mol. The molecule has 0 N–H and O–H groups in total. The Balaban J connectivity index is 0.884. The molecule has 10 heteroatoms. The van der Waals surface area contributed by atoms with Crippen LogP contribution in [0.1, 0.15) is 13.7 Å². The maximum Gasteiger partial charge on any atom is 0.164 e. The van der Waals surface area contributed by atoms with E-state index >= 15 is 0 Å². The second-order valence-electron chi connectivity index (χ2n) is 19.1. The van der Waals surface area contributed by atoms with Gasteiger partial charge in [-0.2, -0.15) is 0 Å². The van der Waals surface area contributed by atoms with Crippen molar-refractivity contribution in [1.82, 2.24) is 28.7 Å². The molecule has 0 saturated heterocycles. The minimum Gasteiger partial charge on any atom is -0.309 e. The van der Waals surface area contributed by atoms with Crippen LogP contribution in [-0.4, -0.2) is 28.7 Å². The van der Waals surface area contributed by atoms with Crippen LogP contribution in [0, 0.1) is 23.3 Å². The summed E-state index contributed by atoms with van der Waals surface area (Å²) in [7, 11) is 0. The number of halogens is 4. The molecule has 6 nitrogen and oxygen atoms in total. The Morgan fingerprint density at radius 1 is 0.253 bits per heavy atom. The third kappa shape index (κ3) is 7.75. The van der Waals surface area contributed by atoms with Crippen LogP contribution in [0.5, 0.6) is 0 Å². The topological polar surface area (TPSA) is 53.5 Å². The van der Waals surface area contributed by atoms with Crippen LogP contribution in [0.2, 0.25) is 0 Å². The Bertz CT molecular complexity index is 5060. The molecule has 0 aliphatic heterocycles. The summed E-state index contributed by atoms with van der Waals surface area (Å²) in [5.74, 6) is -2.59. The van der Waals surface area contributed by atoms with Gasteiger partial charge in [0.2, 0.25) is 0 Å². The van der Waals surface area contributed by atoms with Crippen LogP contribution in [0.25, 0.3) is 139 Å². The molecule has 0 fully saturated rings. The molecule has 0 atom stereocenters. The summed E-state index contributed by atoms with van der Waals surface area (Å²) in [5, 5.41) is 4.15. The highest BCUT2D eigenvalue weighted by molar-refractivity contribution is 6.12. The van der Waals surface area contributed by atoms with Crippen LogP contribution in [0.4, 0.5) is 17.6 Å².